The Kier molecular flexibility index (Phi) is 2.27. The van der Waals surface area contributed by atoms with Crippen LogP contribution in [0.1, 0.15) is 5.56 Å². The monoisotopic (exact) mass is 153 g/mol. The van der Waals surface area contributed by atoms with Gasteiger partial charge >= 0.3 is 0 Å². The topological polar surface area (TPSA) is 0 Å². The summed E-state index contributed by atoms with van der Waals surface area (Å²) in [6.07, 6.45) is 0. The van der Waals surface area contributed by atoms with E-state index in [2.05, 4.69) is 0 Å². The largest absolute Gasteiger partial charge is 0.301 e. The van der Waals surface area contributed by atoms with Crippen LogP contribution in [0.2, 0.25) is 6.82 Å². The van der Waals surface area contributed by atoms with Crippen LogP contribution in [0.15, 0.2) is 12.1 Å². The zero-order valence-electron chi connectivity index (χ0n) is 6.49. The van der Waals surface area contributed by atoms with Crippen LogP contribution < -0.4 is 5.46 Å². The molecule has 0 fully saturated rings. The van der Waals surface area contributed by atoms with Gasteiger partial charge in [0.1, 0.15) is 0 Å². The van der Waals surface area contributed by atoms with Crippen LogP contribution in [-0.2, 0) is 0 Å². The number of hydrogen-bond donors (Lipinski definition) is 0. The Labute approximate surface area is 65.5 Å². The Morgan fingerprint density at radius 1 is 1.18 bits per heavy atom. The molecule has 0 nitrogen and oxygen atoms in total. The molecule has 0 aromatic heterocycles. The Morgan fingerprint density at radius 3 is 2.27 bits per heavy atom. The summed E-state index contributed by atoms with van der Waals surface area (Å²) >= 11 is 0. The van der Waals surface area contributed by atoms with E-state index in [0.717, 1.165) is 11.0 Å². The van der Waals surface area contributed by atoms with Crippen LogP contribution in [-0.4, -0.2) is 7.28 Å². The fourth-order valence-electron chi connectivity index (χ4n) is 0.973. The number of halogens is 2. The molecule has 0 unspecified atom stereocenters. The quantitative estimate of drug-likeness (QED) is 0.538. The van der Waals surface area contributed by atoms with Crippen LogP contribution >= 0.6 is 0 Å². The molecule has 0 heterocycles. The van der Waals surface area contributed by atoms with Crippen molar-refractivity contribution in [2.24, 2.45) is 0 Å². The van der Waals surface area contributed by atoms with Crippen molar-refractivity contribution in [2.45, 2.75) is 13.7 Å². The van der Waals surface area contributed by atoms with Crippen molar-refractivity contribution < 1.29 is 8.78 Å². The molecule has 0 amide bonds. The van der Waals surface area contributed by atoms with Gasteiger partial charge < -0.3 is 7.28 Å². The van der Waals surface area contributed by atoms with Gasteiger partial charge in [-0.3, -0.25) is 5.46 Å². The highest BCUT2D eigenvalue weighted by Gasteiger charge is 1.99. The SMILES string of the molecule is C[B-]c1cc(F)c(F)cc1C. The molecule has 0 aliphatic heterocycles. The zero-order valence-corrected chi connectivity index (χ0v) is 6.49. The third-order valence-electron chi connectivity index (χ3n) is 1.62. The van der Waals surface area contributed by atoms with Crippen molar-refractivity contribution in [3.05, 3.63) is 29.3 Å². The summed E-state index contributed by atoms with van der Waals surface area (Å²) in [6.45, 7) is 3.54. The molecule has 58 valence electrons. The van der Waals surface area contributed by atoms with Gasteiger partial charge in [-0.15, -0.1) is 0 Å². The van der Waals surface area contributed by atoms with E-state index in [-0.39, 0.29) is 0 Å². The zero-order chi connectivity index (χ0) is 8.43. The minimum atomic E-state index is -0.788. The molecule has 1 aromatic carbocycles. The van der Waals surface area contributed by atoms with Gasteiger partial charge in [0, 0.05) is 0 Å². The summed E-state index contributed by atoms with van der Waals surface area (Å²) < 4.78 is 25.1. The first-order valence-corrected chi connectivity index (χ1v) is 3.40. The van der Waals surface area contributed by atoms with Gasteiger partial charge in [0.25, 0.3) is 0 Å². The molecule has 3 heteroatoms. The van der Waals surface area contributed by atoms with Crippen molar-refractivity contribution in [3.63, 3.8) is 0 Å². The molecule has 0 saturated heterocycles. The van der Waals surface area contributed by atoms with Crippen LogP contribution in [0.5, 0.6) is 0 Å². The molecular formula is C8H8BF2-. The predicted octanol–water partition coefficient (Wildman–Crippen LogP) is 1.65. The van der Waals surface area contributed by atoms with E-state index in [0.29, 0.717) is 0 Å². The third-order valence-corrected chi connectivity index (χ3v) is 1.62. The van der Waals surface area contributed by atoms with Crippen LogP contribution in [0.4, 0.5) is 8.78 Å². The molecule has 0 aliphatic carbocycles. The summed E-state index contributed by atoms with van der Waals surface area (Å²) in [5.41, 5.74) is 1.50. The first-order valence-electron chi connectivity index (χ1n) is 3.40. The van der Waals surface area contributed by atoms with Crippen molar-refractivity contribution in [1.82, 2.24) is 0 Å². The molecule has 1 aromatic rings. The highest BCUT2D eigenvalue weighted by Crippen LogP contribution is 2.05. The highest BCUT2D eigenvalue weighted by atomic mass is 19.2. The summed E-state index contributed by atoms with van der Waals surface area (Å²) in [6, 6.07) is 2.40. The fourth-order valence-corrected chi connectivity index (χ4v) is 0.973. The summed E-state index contributed by atoms with van der Waals surface area (Å²) in [5.74, 6) is -1.57. The lowest BCUT2D eigenvalue weighted by Crippen LogP contribution is -2.15. The first-order chi connectivity index (χ1) is 5.15. The summed E-state index contributed by atoms with van der Waals surface area (Å²) in [7, 11) is 1.75. The van der Waals surface area contributed by atoms with E-state index < -0.39 is 11.6 Å². The highest BCUT2D eigenvalue weighted by molar-refractivity contribution is 6.52. The minimum absolute atomic E-state index is 0.740. The molecule has 0 N–H and O–H groups in total. The van der Waals surface area contributed by atoms with E-state index in [1.165, 1.54) is 12.1 Å². The summed E-state index contributed by atoms with van der Waals surface area (Å²) in [4.78, 5) is 0. The number of aryl methyl sites for hydroxylation is 1. The molecular weight excluding hydrogens is 145 g/mol. The molecule has 0 atom stereocenters. The fraction of sp³-hybridized carbons (Fsp3) is 0.250. The predicted molar refractivity (Wildman–Crippen MR) is 42.3 cm³/mol. The van der Waals surface area contributed by atoms with E-state index in [4.69, 9.17) is 0 Å². The van der Waals surface area contributed by atoms with E-state index in [1.54, 1.807) is 21.0 Å². The lowest BCUT2D eigenvalue weighted by Gasteiger charge is -2.13. The van der Waals surface area contributed by atoms with Gasteiger partial charge in [0.15, 0.2) is 11.6 Å². The molecule has 1 rings (SSSR count). The maximum atomic E-state index is 12.6. The second-order valence-electron chi connectivity index (χ2n) is 2.41. The third kappa shape index (κ3) is 1.59. The van der Waals surface area contributed by atoms with E-state index in [1.807, 2.05) is 0 Å². The molecule has 11 heavy (non-hydrogen) atoms. The van der Waals surface area contributed by atoms with Crippen molar-refractivity contribution >= 4 is 12.7 Å². The number of hydrogen-bond acceptors (Lipinski definition) is 0. The van der Waals surface area contributed by atoms with Gasteiger partial charge in [-0.25, -0.2) is 15.6 Å². The van der Waals surface area contributed by atoms with Crippen molar-refractivity contribution in [1.29, 1.82) is 0 Å². The molecule has 0 saturated carbocycles. The second-order valence-corrected chi connectivity index (χ2v) is 2.41. The van der Waals surface area contributed by atoms with Crippen molar-refractivity contribution in [2.75, 3.05) is 0 Å². The van der Waals surface area contributed by atoms with E-state index >= 15 is 0 Å². The van der Waals surface area contributed by atoms with Crippen molar-refractivity contribution in [3.8, 4) is 0 Å². The smallest absolute Gasteiger partial charge is 0.158 e. The second kappa shape index (κ2) is 3.03. The van der Waals surface area contributed by atoms with Gasteiger partial charge in [-0.2, -0.15) is 0 Å². The lowest BCUT2D eigenvalue weighted by molar-refractivity contribution is 0.509. The average Bonchev–Trinajstić information content (AvgIpc) is 1.97. The summed E-state index contributed by atoms with van der Waals surface area (Å²) in [5, 5.41) is 0. The average molecular weight is 153 g/mol. The molecule has 0 aliphatic rings. The van der Waals surface area contributed by atoms with Gasteiger partial charge in [0.05, 0.1) is 0 Å². The minimum Gasteiger partial charge on any atom is -0.301 e. The lowest BCUT2D eigenvalue weighted by atomic mass is 9.71. The molecule has 2 radical (unpaired) electrons. The normalized spacial score (nSPS) is 10.2. The van der Waals surface area contributed by atoms with E-state index in [9.17, 15) is 8.78 Å². The first kappa shape index (κ1) is 8.24. The van der Waals surface area contributed by atoms with Crippen LogP contribution in [0.3, 0.4) is 0 Å². The Hall–Kier alpha value is -0.855. The Morgan fingerprint density at radius 2 is 1.73 bits per heavy atom. The Bertz CT molecular complexity index is 271. The Balaban J connectivity index is 3.21. The van der Waals surface area contributed by atoms with Gasteiger partial charge in [-0.05, 0) is 13.0 Å². The standard InChI is InChI=1S/C8H8BF2/c1-5-3-7(10)8(11)4-6(5)9-2/h3-4H,1-2H3/q-1. The molecule has 0 spiro atoms. The van der Waals surface area contributed by atoms with Crippen LogP contribution in [0.25, 0.3) is 0 Å². The van der Waals surface area contributed by atoms with Gasteiger partial charge in [0.2, 0.25) is 0 Å². The maximum Gasteiger partial charge on any atom is 0.158 e. The molecule has 0 bridgehead atoms. The van der Waals surface area contributed by atoms with Crippen LogP contribution in [0, 0.1) is 18.6 Å². The maximum absolute atomic E-state index is 12.6. The van der Waals surface area contributed by atoms with Gasteiger partial charge in [-0.1, -0.05) is 11.6 Å². The number of benzene rings is 1. The number of rotatable bonds is 1.